The van der Waals surface area contributed by atoms with Crippen LogP contribution in [-0.4, -0.2) is 0 Å². The summed E-state index contributed by atoms with van der Waals surface area (Å²) in [4.78, 5) is 0. The van der Waals surface area contributed by atoms with Crippen LogP contribution in [0.5, 0.6) is 0 Å². The molecule has 0 bridgehead atoms. The summed E-state index contributed by atoms with van der Waals surface area (Å²) < 4.78 is 37.5. The van der Waals surface area contributed by atoms with Gasteiger partial charge in [-0.1, -0.05) is 44.0 Å². The van der Waals surface area contributed by atoms with E-state index < -0.39 is 11.7 Å². The molecule has 0 N–H and O–H groups in total. The van der Waals surface area contributed by atoms with E-state index in [1.165, 1.54) is 0 Å². The maximum atomic E-state index is 12.5. The molecule has 5 heteroatoms. The van der Waals surface area contributed by atoms with Crippen LogP contribution >= 0.6 is 23.2 Å². The number of halogens is 5. The highest BCUT2D eigenvalue weighted by Gasteiger charge is 2.32. The van der Waals surface area contributed by atoms with E-state index in [0.29, 0.717) is 12.0 Å². The number of hydrogen-bond acceptors (Lipinski definition) is 0. The predicted octanol–water partition coefficient (Wildman–Crippen LogP) is 5.60. The van der Waals surface area contributed by atoms with Gasteiger partial charge in [-0.2, -0.15) is 13.2 Å². The van der Waals surface area contributed by atoms with E-state index in [1.54, 1.807) is 0 Å². The van der Waals surface area contributed by atoms with Crippen molar-refractivity contribution in [3.63, 3.8) is 0 Å². The van der Waals surface area contributed by atoms with Crippen LogP contribution in [0.1, 0.15) is 31.9 Å². The van der Waals surface area contributed by atoms with Crippen molar-refractivity contribution in [1.82, 2.24) is 0 Å². The van der Waals surface area contributed by atoms with Gasteiger partial charge in [-0.25, -0.2) is 0 Å². The Morgan fingerprint density at radius 1 is 1.00 bits per heavy atom. The number of alkyl halides is 3. The highest BCUT2D eigenvalue weighted by atomic mass is 35.5. The molecule has 1 rings (SSSR count). The lowest BCUT2D eigenvalue weighted by Crippen LogP contribution is -2.11. The highest BCUT2D eigenvalue weighted by Crippen LogP contribution is 2.37. The van der Waals surface area contributed by atoms with Crippen LogP contribution in [0.25, 0.3) is 0 Å². The molecule has 0 aliphatic rings. The molecule has 17 heavy (non-hydrogen) atoms. The van der Waals surface area contributed by atoms with E-state index in [9.17, 15) is 13.2 Å². The second-order valence-electron chi connectivity index (χ2n) is 5.15. The first-order valence-electron chi connectivity index (χ1n) is 5.06. The Balaban J connectivity index is 3.20. The summed E-state index contributed by atoms with van der Waals surface area (Å²) in [5.74, 6) is 0. The van der Waals surface area contributed by atoms with Gasteiger partial charge in [0, 0.05) is 10.0 Å². The Bertz CT molecular complexity index is 394. The molecular weight excluding hydrogens is 272 g/mol. The first kappa shape index (κ1) is 14.7. The van der Waals surface area contributed by atoms with E-state index in [1.807, 2.05) is 20.8 Å². The maximum absolute atomic E-state index is 12.5. The second kappa shape index (κ2) is 4.69. The summed E-state index contributed by atoms with van der Waals surface area (Å²) in [6.45, 7) is 5.91. The Hall–Kier alpha value is -0.410. The Kier molecular flexibility index (Phi) is 4.04. The molecule has 0 aliphatic heterocycles. The van der Waals surface area contributed by atoms with Crippen molar-refractivity contribution in [3.8, 4) is 0 Å². The molecule has 0 radical (unpaired) electrons. The molecule has 0 fully saturated rings. The van der Waals surface area contributed by atoms with Crippen molar-refractivity contribution in [3.05, 3.63) is 33.3 Å². The van der Waals surface area contributed by atoms with Crippen LogP contribution in [0.15, 0.2) is 12.1 Å². The van der Waals surface area contributed by atoms with E-state index >= 15 is 0 Å². The summed E-state index contributed by atoms with van der Waals surface area (Å²) in [6, 6.07) is 1.85. The molecule has 0 saturated heterocycles. The van der Waals surface area contributed by atoms with Crippen LogP contribution in [-0.2, 0) is 12.6 Å². The lowest BCUT2D eigenvalue weighted by atomic mass is 9.88. The summed E-state index contributed by atoms with van der Waals surface area (Å²) in [5, 5.41) is 0.138. The fraction of sp³-hybridized carbons (Fsp3) is 0.500. The summed E-state index contributed by atoms with van der Waals surface area (Å²) in [5.41, 5.74) is -0.341. The SMILES string of the molecule is CC(C)(C)Cc1c(Cl)cc(C(F)(F)F)cc1Cl. The van der Waals surface area contributed by atoms with Crippen molar-refractivity contribution in [1.29, 1.82) is 0 Å². The fourth-order valence-electron chi connectivity index (χ4n) is 1.47. The minimum absolute atomic E-state index is 0.0692. The summed E-state index contributed by atoms with van der Waals surface area (Å²) in [7, 11) is 0. The van der Waals surface area contributed by atoms with Crippen LogP contribution in [0, 0.1) is 5.41 Å². The Morgan fingerprint density at radius 3 is 1.71 bits per heavy atom. The van der Waals surface area contributed by atoms with E-state index in [0.717, 1.165) is 12.1 Å². The monoisotopic (exact) mass is 284 g/mol. The quantitative estimate of drug-likeness (QED) is 0.630. The standard InChI is InChI=1S/C12H13Cl2F3/c1-11(2,3)6-8-9(13)4-7(5-10(8)14)12(15,16)17/h4-5H,6H2,1-3H3. The molecular formula is C12H13Cl2F3. The molecule has 0 saturated carbocycles. The van der Waals surface area contributed by atoms with Gasteiger partial charge in [-0.3, -0.25) is 0 Å². The molecule has 0 aliphatic carbocycles. The van der Waals surface area contributed by atoms with Crippen LogP contribution in [0.2, 0.25) is 10.0 Å². The zero-order valence-corrected chi connectivity index (χ0v) is 11.3. The molecule has 0 heterocycles. The second-order valence-corrected chi connectivity index (χ2v) is 5.97. The minimum atomic E-state index is -4.42. The Morgan fingerprint density at radius 2 is 1.41 bits per heavy atom. The number of hydrogen-bond donors (Lipinski definition) is 0. The first-order valence-corrected chi connectivity index (χ1v) is 5.81. The van der Waals surface area contributed by atoms with Crippen LogP contribution < -0.4 is 0 Å². The lowest BCUT2D eigenvalue weighted by molar-refractivity contribution is -0.137. The third-order valence-electron chi connectivity index (χ3n) is 2.18. The highest BCUT2D eigenvalue weighted by molar-refractivity contribution is 6.36. The van der Waals surface area contributed by atoms with Gasteiger partial charge in [0.25, 0.3) is 0 Å². The van der Waals surface area contributed by atoms with E-state index in [4.69, 9.17) is 23.2 Å². The molecule has 0 unspecified atom stereocenters. The summed E-state index contributed by atoms with van der Waals surface area (Å²) in [6.07, 6.45) is -3.89. The van der Waals surface area contributed by atoms with E-state index in [2.05, 4.69) is 0 Å². The van der Waals surface area contributed by atoms with Gasteiger partial charge in [-0.15, -0.1) is 0 Å². The smallest absolute Gasteiger partial charge is 0.166 e. The molecule has 0 aromatic heterocycles. The zero-order chi connectivity index (χ0) is 13.4. The topological polar surface area (TPSA) is 0 Å². The average molecular weight is 285 g/mol. The number of rotatable bonds is 1. The van der Waals surface area contributed by atoms with Gasteiger partial charge in [0.1, 0.15) is 0 Å². The van der Waals surface area contributed by atoms with Crippen molar-refractivity contribution < 1.29 is 13.2 Å². The summed E-state index contributed by atoms with van der Waals surface area (Å²) >= 11 is 11.7. The molecule has 1 aromatic rings. The van der Waals surface area contributed by atoms with Gasteiger partial charge in [0.05, 0.1) is 5.56 Å². The molecule has 0 amide bonds. The van der Waals surface area contributed by atoms with Gasteiger partial charge in [0.2, 0.25) is 0 Å². The zero-order valence-electron chi connectivity index (χ0n) is 9.75. The minimum Gasteiger partial charge on any atom is -0.166 e. The normalized spacial score (nSPS) is 12.9. The predicted molar refractivity (Wildman–Crippen MR) is 64.6 cm³/mol. The average Bonchev–Trinajstić information content (AvgIpc) is 2.07. The lowest BCUT2D eigenvalue weighted by Gasteiger charge is -2.20. The third kappa shape index (κ3) is 4.07. The van der Waals surface area contributed by atoms with Gasteiger partial charge < -0.3 is 0 Å². The van der Waals surface area contributed by atoms with E-state index in [-0.39, 0.29) is 15.5 Å². The molecule has 96 valence electrons. The number of benzene rings is 1. The van der Waals surface area contributed by atoms with Crippen molar-refractivity contribution in [2.75, 3.05) is 0 Å². The van der Waals surface area contributed by atoms with Crippen molar-refractivity contribution in [2.24, 2.45) is 5.41 Å². The maximum Gasteiger partial charge on any atom is 0.416 e. The fourth-order valence-corrected chi connectivity index (χ4v) is 2.09. The van der Waals surface area contributed by atoms with Gasteiger partial charge in [-0.05, 0) is 29.5 Å². The van der Waals surface area contributed by atoms with Gasteiger partial charge in [0.15, 0.2) is 0 Å². The van der Waals surface area contributed by atoms with Crippen LogP contribution in [0.3, 0.4) is 0 Å². The third-order valence-corrected chi connectivity index (χ3v) is 2.85. The first-order chi connectivity index (χ1) is 7.50. The van der Waals surface area contributed by atoms with Crippen LogP contribution in [0.4, 0.5) is 13.2 Å². The largest absolute Gasteiger partial charge is 0.416 e. The molecule has 0 atom stereocenters. The van der Waals surface area contributed by atoms with Crippen molar-refractivity contribution >= 4 is 23.2 Å². The molecule has 1 aromatic carbocycles. The molecule has 0 nitrogen and oxygen atoms in total. The van der Waals surface area contributed by atoms with Crippen molar-refractivity contribution in [2.45, 2.75) is 33.4 Å². The van der Waals surface area contributed by atoms with Gasteiger partial charge >= 0.3 is 6.18 Å². The Labute approximate surface area is 109 Å². The molecule has 0 spiro atoms.